The Hall–Kier alpha value is -2.47. The highest BCUT2D eigenvalue weighted by molar-refractivity contribution is 5.73. The van der Waals surface area contributed by atoms with E-state index in [1.165, 1.54) is 5.56 Å². The van der Waals surface area contributed by atoms with Crippen molar-refractivity contribution in [3.63, 3.8) is 0 Å². The molecule has 6 nitrogen and oxygen atoms in total. The first-order valence-electron chi connectivity index (χ1n) is 10.1. The van der Waals surface area contributed by atoms with Crippen LogP contribution < -0.4 is 4.74 Å². The Morgan fingerprint density at radius 1 is 1.32 bits per heavy atom. The van der Waals surface area contributed by atoms with E-state index in [-0.39, 0.29) is 11.9 Å². The second kappa shape index (κ2) is 8.27. The van der Waals surface area contributed by atoms with Gasteiger partial charge < -0.3 is 9.64 Å². The number of hydrogen-bond acceptors (Lipinski definition) is 5. The molecule has 4 rings (SSSR count). The summed E-state index contributed by atoms with van der Waals surface area (Å²) in [5, 5.41) is 0. The van der Waals surface area contributed by atoms with Crippen molar-refractivity contribution in [2.24, 2.45) is 0 Å². The Morgan fingerprint density at radius 2 is 2.21 bits per heavy atom. The topological polar surface area (TPSA) is 58.6 Å². The number of amides is 1. The maximum Gasteiger partial charge on any atom is 0.219 e. The maximum absolute atomic E-state index is 11.6. The molecule has 0 radical (unpaired) electrons. The predicted molar refractivity (Wildman–Crippen MR) is 107 cm³/mol. The molecule has 3 heterocycles. The zero-order chi connectivity index (χ0) is 19.5. The zero-order valence-electron chi connectivity index (χ0n) is 16.7. The van der Waals surface area contributed by atoms with Gasteiger partial charge in [-0.15, -0.1) is 0 Å². The first-order valence-corrected chi connectivity index (χ1v) is 10.1. The van der Waals surface area contributed by atoms with E-state index in [4.69, 9.17) is 9.72 Å². The lowest BCUT2D eigenvalue weighted by Crippen LogP contribution is -2.35. The highest BCUT2D eigenvalue weighted by atomic mass is 16.5. The largest absolute Gasteiger partial charge is 0.492 e. The Labute approximate surface area is 166 Å². The third-order valence-electron chi connectivity index (χ3n) is 5.70. The number of rotatable bonds is 5. The van der Waals surface area contributed by atoms with Crippen molar-refractivity contribution in [1.29, 1.82) is 0 Å². The van der Waals surface area contributed by atoms with Crippen molar-refractivity contribution in [2.75, 3.05) is 26.2 Å². The van der Waals surface area contributed by atoms with Gasteiger partial charge in [0.25, 0.3) is 0 Å². The van der Waals surface area contributed by atoms with Crippen LogP contribution in [0, 0.1) is 6.92 Å². The number of ether oxygens (including phenoxy) is 1. The lowest BCUT2D eigenvalue weighted by Gasteiger charge is -2.28. The summed E-state index contributed by atoms with van der Waals surface area (Å²) in [4.78, 5) is 25.5. The number of carbonyl (C=O) groups excluding carboxylic acids is 1. The van der Waals surface area contributed by atoms with Gasteiger partial charge in [-0.25, -0.2) is 9.97 Å². The summed E-state index contributed by atoms with van der Waals surface area (Å²) in [5.41, 5.74) is 3.39. The van der Waals surface area contributed by atoms with Gasteiger partial charge in [-0.3, -0.25) is 9.69 Å². The molecule has 0 N–H and O–H groups in total. The molecule has 148 valence electrons. The van der Waals surface area contributed by atoms with E-state index in [0.29, 0.717) is 13.2 Å². The molecule has 2 aromatic rings. The molecule has 0 bridgehead atoms. The van der Waals surface area contributed by atoms with E-state index < -0.39 is 0 Å². The van der Waals surface area contributed by atoms with E-state index in [1.807, 2.05) is 23.2 Å². The Bertz CT molecular complexity index is 854. The van der Waals surface area contributed by atoms with Crippen molar-refractivity contribution >= 4 is 5.91 Å². The molecule has 1 amide bonds. The minimum Gasteiger partial charge on any atom is -0.492 e. The minimum absolute atomic E-state index is 0.116. The predicted octanol–water partition coefficient (Wildman–Crippen LogP) is 2.91. The van der Waals surface area contributed by atoms with Gasteiger partial charge in [0, 0.05) is 44.7 Å². The van der Waals surface area contributed by atoms with Gasteiger partial charge >= 0.3 is 0 Å². The summed E-state index contributed by atoms with van der Waals surface area (Å²) in [6, 6.07) is 8.44. The van der Waals surface area contributed by atoms with Gasteiger partial charge in [0.15, 0.2) is 0 Å². The fraction of sp³-hybridized carbons (Fsp3) is 0.500. The van der Waals surface area contributed by atoms with Crippen LogP contribution in [-0.4, -0.2) is 51.9 Å². The van der Waals surface area contributed by atoms with Crippen LogP contribution in [0.3, 0.4) is 0 Å². The first kappa shape index (κ1) is 18.9. The van der Waals surface area contributed by atoms with Gasteiger partial charge in [0.1, 0.15) is 18.2 Å². The minimum atomic E-state index is 0.116. The number of nitrogens with zero attached hydrogens (tertiary/aromatic N) is 4. The van der Waals surface area contributed by atoms with Crippen LogP contribution in [0.4, 0.5) is 0 Å². The van der Waals surface area contributed by atoms with Crippen molar-refractivity contribution in [3.05, 3.63) is 53.1 Å². The summed E-state index contributed by atoms with van der Waals surface area (Å²) >= 11 is 0. The van der Waals surface area contributed by atoms with Gasteiger partial charge in [-0.05, 0) is 44.0 Å². The smallest absolute Gasteiger partial charge is 0.219 e. The lowest BCUT2D eigenvalue weighted by molar-refractivity contribution is -0.129. The Balaban J connectivity index is 1.39. The van der Waals surface area contributed by atoms with Crippen LogP contribution >= 0.6 is 0 Å². The SMILES string of the molecule is CC(=O)N1CCc2nc(C3CCCN3CCOc3cccc(C)c3)ncc2C1. The first-order chi connectivity index (χ1) is 13.6. The maximum atomic E-state index is 11.6. The fourth-order valence-corrected chi connectivity index (χ4v) is 4.13. The number of aromatic nitrogens is 2. The highest BCUT2D eigenvalue weighted by Gasteiger charge is 2.29. The van der Waals surface area contributed by atoms with E-state index in [0.717, 1.165) is 61.7 Å². The number of hydrogen-bond donors (Lipinski definition) is 0. The van der Waals surface area contributed by atoms with Crippen LogP contribution in [0.5, 0.6) is 5.75 Å². The van der Waals surface area contributed by atoms with Crippen LogP contribution in [0.25, 0.3) is 0 Å². The van der Waals surface area contributed by atoms with Crippen LogP contribution in [0.1, 0.15) is 48.5 Å². The molecule has 28 heavy (non-hydrogen) atoms. The lowest BCUT2D eigenvalue weighted by atomic mass is 10.1. The molecular weight excluding hydrogens is 352 g/mol. The second-order valence-corrected chi connectivity index (χ2v) is 7.75. The van der Waals surface area contributed by atoms with E-state index in [9.17, 15) is 4.79 Å². The Kier molecular flexibility index (Phi) is 5.57. The molecule has 1 unspecified atom stereocenters. The van der Waals surface area contributed by atoms with E-state index in [2.05, 4.69) is 28.9 Å². The summed E-state index contributed by atoms with van der Waals surface area (Å²) in [6.45, 7) is 7.67. The molecule has 2 aliphatic rings. The normalized spacial score (nSPS) is 19.5. The van der Waals surface area contributed by atoms with Crippen LogP contribution in [0.2, 0.25) is 0 Å². The molecule has 1 aromatic carbocycles. The molecule has 1 atom stereocenters. The van der Waals surface area contributed by atoms with Crippen molar-refractivity contribution in [2.45, 2.75) is 45.7 Å². The third kappa shape index (κ3) is 4.17. The van der Waals surface area contributed by atoms with Crippen LogP contribution in [0.15, 0.2) is 30.5 Å². The van der Waals surface area contributed by atoms with Gasteiger partial charge in [-0.2, -0.15) is 0 Å². The van der Waals surface area contributed by atoms with E-state index in [1.54, 1.807) is 6.92 Å². The zero-order valence-corrected chi connectivity index (χ0v) is 16.7. The Morgan fingerprint density at radius 3 is 3.04 bits per heavy atom. The van der Waals surface area contributed by atoms with E-state index >= 15 is 0 Å². The standard InChI is InChI=1S/C22H28N4O2/c1-16-5-3-6-19(13-16)28-12-11-25-9-4-7-21(25)22-23-14-18-15-26(17(2)27)10-8-20(18)24-22/h3,5-6,13-14,21H,4,7-12,15H2,1-2H3. The average molecular weight is 380 g/mol. The number of aryl methyl sites for hydroxylation is 1. The number of carbonyl (C=O) groups is 1. The second-order valence-electron chi connectivity index (χ2n) is 7.75. The molecule has 6 heteroatoms. The number of fused-ring (bicyclic) bond motifs is 1. The molecule has 2 aliphatic heterocycles. The molecule has 1 fully saturated rings. The highest BCUT2D eigenvalue weighted by Crippen LogP contribution is 2.30. The third-order valence-corrected chi connectivity index (χ3v) is 5.70. The average Bonchev–Trinajstić information content (AvgIpc) is 3.15. The van der Waals surface area contributed by atoms with Gasteiger partial charge in [0.05, 0.1) is 11.7 Å². The number of likely N-dealkylation sites (tertiary alicyclic amines) is 1. The molecule has 0 saturated carbocycles. The molecule has 0 spiro atoms. The van der Waals surface area contributed by atoms with Crippen molar-refractivity contribution in [3.8, 4) is 5.75 Å². The molecule has 1 aromatic heterocycles. The monoisotopic (exact) mass is 380 g/mol. The summed E-state index contributed by atoms with van der Waals surface area (Å²) in [7, 11) is 0. The summed E-state index contributed by atoms with van der Waals surface area (Å²) in [5.74, 6) is 1.96. The molecule has 1 saturated heterocycles. The number of benzene rings is 1. The van der Waals surface area contributed by atoms with Crippen molar-refractivity contribution < 1.29 is 9.53 Å². The summed E-state index contributed by atoms with van der Waals surface area (Å²) in [6.07, 6.45) is 4.98. The molecule has 0 aliphatic carbocycles. The van der Waals surface area contributed by atoms with Gasteiger partial charge in [-0.1, -0.05) is 12.1 Å². The van der Waals surface area contributed by atoms with Gasteiger partial charge in [0.2, 0.25) is 5.91 Å². The molecular formula is C22H28N4O2. The fourth-order valence-electron chi connectivity index (χ4n) is 4.13. The van der Waals surface area contributed by atoms with Crippen molar-refractivity contribution in [1.82, 2.24) is 19.8 Å². The quantitative estimate of drug-likeness (QED) is 0.798. The summed E-state index contributed by atoms with van der Waals surface area (Å²) < 4.78 is 5.94. The van der Waals surface area contributed by atoms with Crippen LogP contribution in [-0.2, 0) is 17.8 Å².